The van der Waals surface area contributed by atoms with Crippen molar-refractivity contribution in [1.29, 1.82) is 0 Å². The van der Waals surface area contributed by atoms with E-state index >= 15 is 0 Å². The number of rotatable bonds is 4. The average molecular weight is 280 g/mol. The molecule has 1 aliphatic heterocycles. The van der Waals surface area contributed by atoms with Crippen molar-refractivity contribution in [2.45, 2.75) is 76.5 Å². The van der Waals surface area contributed by atoms with Crippen molar-refractivity contribution < 1.29 is 4.74 Å². The summed E-state index contributed by atoms with van der Waals surface area (Å²) in [6, 6.07) is 1.49. The fourth-order valence-electron chi connectivity index (χ4n) is 4.66. The fraction of sp³-hybridized carbons (Fsp3) is 1.00. The van der Waals surface area contributed by atoms with Gasteiger partial charge in [0.2, 0.25) is 0 Å². The van der Waals surface area contributed by atoms with Crippen LogP contribution in [0.1, 0.15) is 58.3 Å². The van der Waals surface area contributed by atoms with Crippen LogP contribution in [0.5, 0.6) is 0 Å². The Morgan fingerprint density at radius 1 is 1.05 bits per heavy atom. The van der Waals surface area contributed by atoms with E-state index in [1.54, 1.807) is 0 Å². The van der Waals surface area contributed by atoms with Crippen molar-refractivity contribution in [2.75, 3.05) is 26.2 Å². The highest BCUT2D eigenvalue weighted by Gasteiger charge is 2.36. The van der Waals surface area contributed by atoms with Crippen LogP contribution in [0.4, 0.5) is 0 Å². The standard InChI is InChI=1S/C17H32N2O/c1-2-18-15-8-4-3-7-14(15)13-19-11-12-20-17-10-6-5-9-16(17)19/h14-18H,2-13H2,1H3. The lowest BCUT2D eigenvalue weighted by Crippen LogP contribution is -2.55. The van der Waals surface area contributed by atoms with Crippen LogP contribution in [-0.2, 0) is 4.74 Å². The first-order valence-electron chi connectivity index (χ1n) is 8.97. The van der Waals surface area contributed by atoms with Gasteiger partial charge in [-0.15, -0.1) is 0 Å². The van der Waals surface area contributed by atoms with E-state index in [1.807, 2.05) is 0 Å². The summed E-state index contributed by atoms with van der Waals surface area (Å²) in [5.41, 5.74) is 0. The first-order valence-corrected chi connectivity index (χ1v) is 8.97. The molecule has 3 heteroatoms. The zero-order valence-corrected chi connectivity index (χ0v) is 13.2. The Morgan fingerprint density at radius 2 is 1.85 bits per heavy atom. The molecule has 3 rings (SSSR count). The third-order valence-corrected chi connectivity index (χ3v) is 5.69. The molecule has 0 aromatic rings. The molecule has 0 aromatic heterocycles. The molecule has 4 unspecified atom stereocenters. The molecule has 0 aromatic carbocycles. The van der Waals surface area contributed by atoms with Gasteiger partial charge in [-0.2, -0.15) is 0 Å². The quantitative estimate of drug-likeness (QED) is 0.857. The summed E-state index contributed by atoms with van der Waals surface area (Å²) in [6.45, 7) is 6.80. The van der Waals surface area contributed by atoms with Gasteiger partial charge in [-0.3, -0.25) is 4.90 Å². The Hall–Kier alpha value is -0.120. The fourth-order valence-corrected chi connectivity index (χ4v) is 4.66. The molecular weight excluding hydrogens is 248 g/mol. The van der Waals surface area contributed by atoms with Gasteiger partial charge in [0.15, 0.2) is 0 Å². The van der Waals surface area contributed by atoms with Crippen molar-refractivity contribution in [1.82, 2.24) is 10.2 Å². The topological polar surface area (TPSA) is 24.5 Å². The lowest BCUT2D eigenvalue weighted by Gasteiger charge is -2.46. The van der Waals surface area contributed by atoms with Crippen LogP contribution in [0.15, 0.2) is 0 Å². The average Bonchev–Trinajstić information content (AvgIpc) is 2.50. The van der Waals surface area contributed by atoms with Crippen LogP contribution in [-0.4, -0.2) is 49.3 Å². The number of nitrogens with zero attached hydrogens (tertiary/aromatic N) is 1. The molecule has 2 saturated carbocycles. The maximum absolute atomic E-state index is 6.02. The summed E-state index contributed by atoms with van der Waals surface area (Å²) in [5, 5.41) is 3.74. The van der Waals surface area contributed by atoms with Crippen molar-refractivity contribution in [3.05, 3.63) is 0 Å². The van der Waals surface area contributed by atoms with Gasteiger partial charge in [0, 0.05) is 25.2 Å². The summed E-state index contributed by atoms with van der Waals surface area (Å²) in [7, 11) is 0. The Bertz CT molecular complexity index is 293. The van der Waals surface area contributed by atoms with Crippen molar-refractivity contribution >= 4 is 0 Å². The first kappa shape index (κ1) is 14.8. The highest BCUT2D eigenvalue weighted by molar-refractivity contribution is 4.91. The van der Waals surface area contributed by atoms with Gasteiger partial charge >= 0.3 is 0 Å². The van der Waals surface area contributed by atoms with E-state index in [2.05, 4.69) is 17.1 Å². The summed E-state index contributed by atoms with van der Waals surface area (Å²) < 4.78 is 6.02. The number of morpholine rings is 1. The van der Waals surface area contributed by atoms with Gasteiger partial charge < -0.3 is 10.1 Å². The smallest absolute Gasteiger partial charge is 0.0730 e. The minimum absolute atomic E-state index is 0.540. The number of hydrogen-bond acceptors (Lipinski definition) is 3. The normalized spacial score (nSPS) is 39.5. The Kier molecular flexibility index (Phi) is 5.36. The third-order valence-electron chi connectivity index (χ3n) is 5.69. The van der Waals surface area contributed by atoms with Crippen LogP contribution in [0, 0.1) is 5.92 Å². The molecule has 1 saturated heterocycles. The van der Waals surface area contributed by atoms with Crippen LogP contribution in [0.25, 0.3) is 0 Å². The zero-order chi connectivity index (χ0) is 13.8. The zero-order valence-electron chi connectivity index (χ0n) is 13.2. The summed E-state index contributed by atoms with van der Waals surface area (Å²) in [4.78, 5) is 2.79. The molecule has 1 N–H and O–H groups in total. The second kappa shape index (κ2) is 7.24. The molecule has 0 amide bonds. The molecule has 1 heterocycles. The third kappa shape index (κ3) is 3.37. The van der Waals surface area contributed by atoms with Crippen LogP contribution in [0.2, 0.25) is 0 Å². The Balaban J connectivity index is 1.59. The SMILES string of the molecule is CCNC1CCCCC1CN1CCOC2CCCCC21. The van der Waals surface area contributed by atoms with E-state index in [1.165, 1.54) is 57.9 Å². The van der Waals surface area contributed by atoms with Gasteiger partial charge in [-0.05, 0) is 38.1 Å². The molecule has 3 aliphatic rings. The van der Waals surface area contributed by atoms with E-state index in [4.69, 9.17) is 4.74 Å². The maximum Gasteiger partial charge on any atom is 0.0730 e. The van der Waals surface area contributed by atoms with Crippen molar-refractivity contribution in [3.63, 3.8) is 0 Å². The lowest BCUT2D eigenvalue weighted by molar-refractivity contribution is -0.0942. The molecule has 3 nitrogen and oxygen atoms in total. The van der Waals surface area contributed by atoms with E-state index in [0.29, 0.717) is 6.10 Å². The molecule has 3 fully saturated rings. The number of ether oxygens (including phenoxy) is 1. The largest absolute Gasteiger partial charge is 0.375 e. The molecule has 4 atom stereocenters. The Morgan fingerprint density at radius 3 is 2.75 bits per heavy atom. The van der Waals surface area contributed by atoms with Gasteiger partial charge in [-0.1, -0.05) is 32.6 Å². The van der Waals surface area contributed by atoms with Crippen LogP contribution >= 0.6 is 0 Å². The van der Waals surface area contributed by atoms with Gasteiger partial charge in [0.1, 0.15) is 0 Å². The Labute approximate surface area is 124 Å². The molecular formula is C17H32N2O. The second-order valence-corrected chi connectivity index (χ2v) is 6.96. The molecule has 0 radical (unpaired) electrons. The molecule has 0 bridgehead atoms. The number of fused-ring (bicyclic) bond motifs is 1. The van der Waals surface area contributed by atoms with Crippen LogP contribution < -0.4 is 5.32 Å². The molecule has 116 valence electrons. The van der Waals surface area contributed by atoms with Crippen LogP contribution in [0.3, 0.4) is 0 Å². The van der Waals surface area contributed by atoms with E-state index in [0.717, 1.165) is 37.7 Å². The highest BCUT2D eigenvalue weighted by Crippen LogP contribution is 2.31. The monoisotopic (exact) mass is 280 g/mol. The van der Waals surface area contributed by atoms with Crippen molar-refractivity contribution in [2.24, 2.45) is 5.92 Å². The maximum atomic E-state index is 6.02. The van der Waals surface area contributed by atoms with Crippen molar-refractivity contribution in [3.8, 4) is 0 Å². The first-order chi connectivity index (χ1) is 9.88. The predicted molar refractivity (Wildman–Crippen MR) is 83.0 cm³/mol. The summed E-state index contributed by atoms with van der Waals surface area (Å²) >= 11 is 0. The summed E-state index contributed by atoms with van der Waals surface area (Å²) in [6.07, 6.45) is 11.6. The highest BCUT2D eigenvalue weighted by atomic mass is 16.5. The molecule has 2 aliphatic carbocycles. The van der Waals surface area contributed by atoms with Gasteiger partial charge in [0.05, 0.1) is 12.7 Å². The lowest BCUT2D eigenvalue weighted by atomic mass is 9.82. The summed E-state index contributed by atoms with van der Waals surface area (Å²) in [5.74, 6) is 0.865. The minimum Gasteiger partial charge on any atom is -0.375 e. The second-order valence-electron chi connectivity index (χ2n) is 6.96. The van der Waals surface area contributed by atoms with E-state index < -0.39 is 0 Å². The molecule has 0 spiro atoms. The van der Waals surface area contributed by atoms with Gasteiger partial charge in [-0.25, -0.2) is 0 Å². The number of nitrogens with one attached hydrogen (secondary N) is 1. The predicted octanol–water partition coefficient (Wildman–Crippen LogP) is 2.80. The minimum atomic E-state index is 0.540. The van der Waals surface area contributed by atoms with E-state index in [-0.39, 0.29) is 0 Å². The molecule has 20 heavy (non-hydrogen) atoms. The number of hydrogen-bond donors (Lipinski definition) is 1. The van der Waals surface area contributed by atoms with Gasteiger partial charge in [0.25, 0.3) is 0 Å². The van der Waals surface area contributed by atoms with E-state index in [9.17, 15) is 0 Å².